The Morgan fingerprint density at radius 1 is 1.20 bits per heavy atom. The molecule has 0 saturated carbocycles. The van der Waals surface area contributed by atoms with Gasteiger partial charge in [0.25, 0.3) is 0 Å². The van der Waals surface area contributed by atoms with Crippen molar-refractivity contribution in [2.24, 2.45) is 5.92 Å². The highest BCUT2D eigenvalue weighted by atomic mass is 16.8. The van der Waals surface area contributed by atoms with Crippen LogP contribution in [0.2, 0.25) is 0 Å². The summed E-state index contributed by atoms with van der Waals surface area (Å²) < 4.78 is 22.8. The van der Waals surface area contributed by atoms with Gasteiger partial charge in [0.15, 0.2) is 11.6 Å². The van der Waals surface area contributed by atoms with Gasteiger partial charge >= 0.3 is 0 Å². The van der Waals surface area contributed by atoms with E-state index in [0.717, 1.165) is 0 Å². The fourth-order valence-electron chi connectivity index (χ4n) is 4.20. The van der Waals surface area contributed by atoms with E-state index in [1.807, 2.05) is 18.9 Å². The highest BCUT2D eigenvalue weighted by Gasteiger charge is 2.67. The zero-order chi connectivity index (χ0) is 13.6. The molecule has 2 bridgehead atoms. The van der Waals surface area contributed by atoms with Gasteiger partial charge in [-0.25, -0.2) is 0 Å². The molecule has 0 spiro atoms. The Morgan fingerprint density at radius 2 is 2.05 bits per heavy atom. The first-order valence-electron chi connectivity index (χ1n) is 7.13. The maximum absolute atomic E-state index is 12.5. The van der Waals surface area contributed by atoms with Gasteiger partial charge in [0.2, 0.25) is 6.29 Å². The van der Waals surface area contributed by atoms with Gasteiger partial charge in [-0.15, -0.1) is 0 Å². The molecule has 5 fully saturated rings. The quantitative estimate of drug-likeness (QED) is 0.590. The second kappa shape index (κ2) is 3.60. The minimum atomic E-state index is -0.723. The van der Waals surface area contributed by atoms with Crippen LogP contribution in [0.25, 0.3) is 0 Å². The van der Waals surface area contributed by atoms with Crippen LogP contribution in [0.4, 0.5) is 0 Å². The highest BCUT2D eigenvalue weighted by Crippen LogP contribution is 2.48. The molecular formula is C13H17NO6. The third-order valence-electron chi connectivity index (χ3n) is 4.87. The summed E-state index contributed by atoms with van der Waals surface area (Å²) in [6.45, 7) is 4.87. The van der Waals surface area contributed by atoms with Gasteiger partial charge in [-0.1, -0.05) is 0 Å². The van der Waals surface area contributed by atoms with Crippen molar-refractivity contribution in [2.45, 2.75) is 56.4 Å². The highest BCUT2D eigenvalue weighted by molar-refractivity contribution is 5.87. The summed E-state index contributed by atoms with van der Waals surface area (Å²) in [5.74, 6) is -0.859. The molecule has 0 N–H and O–H groups in total. The Balaban J connectivity index is 1.50. The molecule has 5 aliphatic rings. The van der Waals surface area contributed by atoms with Gasteiger partial charge in [0.05, 0.1) is 25.1 Å². The van der Waals surface area contributed by atoms with Crippen LogP contribution in [0, 0.1) is 5.92 Å². The number of ketones is 1. The summed E-state index contributed by atoms with van der Waals surface area (Å²) in [5.41, 5.74) is 0. The van der Waals surface area contributed by atoms with E-state index in [1.165, 1.54) is 0 Å². The van der Waals surface area contributed by atoms with Crippen LogP contribution in [-0.2, 0) is 28.6 Å². The average molecular weight is 283 g/mol. The van der Waals surface area contributed by atoms with E-state index in [2.05, 4.69) is 0 Å². The molecule has 0 aromatic heterocycles. The maximum atomic E-state index is 12.5. The van der Waals surface area contributed by atoms with Crippen LogP contribution < -0.4 is 0 Å². The first kappa shape index (κ1) is 12.0. The van der Waals surface area contributed by atoms with Crippen molar-refractivity contribution in [2.75, 3.05) is 13.2 Å². The zero-order valence-electron chi connectivity index (χ0n) is 11.4. The van der Waals surface area contributed by atoms with Crippen molar-refractivity contribution in [3.05, 3.63) is 0 Å². The lowest BCUT2D eigenvalue weighted by Crippen LogP contribution is -2.51. The van der Waals surface area contributed by atoms with Crippen LogP contribution in [0.3, 0.4) is 0 Å². The van der Waals surface area contributed by atoms with Crippen molar-refractivity contribution in [1.29, 1.82) is 0 Å². The van der Waals surface area contributed by atoms with Crippen molar-refractivity contribution < 1.29 is 28.6 Å². The van der Waals surface area contributed by atoms with E-state index in [9.17, 15) is 4.79 Å². The first-order chi connectivity index (χ1) is 9.53. The largest absolute Gasteiger partial charge is 0.343 e. The monoisotopic (exact) mass is 283 g/mol. The standard InChI is InChI=1S/C13H17NO6/c1-13(2)18-5-3-14-8(11(5)19-13)7-9(15)12-16-4-6(17-12)10(7)20-14/h5-8,10-12H,3-4H2,1-2H3/t5-,6-,7+,8+,10-,11-,12-/m1/s1. The van der Waals surface area contributed by atoms with Crippen molar-refractivity contribution in [3.8, 4) is 0 Å². The molecule has 110 valence electrons. The second-order valence-corrected chi connectivity index (χ2v) is 6.57. The van der Waals surface area contributed by atoms with E-state index in [0.29, 0.717) is 13.2 Å². The van der Waals surface area contributed by atoms with Gasteiger partial charge in [0.1, 0.15) is 24.4 Å². The third-order valence-corrected chi connectivity index (χ3v) is 4.87. The molecule has 5 saturated heterocycles. The van der Waals surface area contributed by atoms with E-state index in [-0.39, 0.29) is 42.2 Å². The molecule has 20 heavy (non-hydrogen) atoms. The summed E-state index contributed by atoms with van der Waals surface area (Å²) in [6, 6.07) is -0.0881. The molecule has 0 aliphatic carbocycles. The summed E-state index contributed by atoms with van der Waals surface area (Å²) in [6.07, 6.45) is -1.28. The molecule has 0 aromatic carbocycles. The van der Waals surface area contributed by atoms with Crippen LogP contribution in [-0.4, -0.2) is 66.5 Å². The van der Waals surface area contributed by atoms with Crippen molar-refractivity contribution in [3.63, 3.8) is 0 Å². The number of hydrogen-bond acceptors (Lipinski definition) is 7. The predicted octanol–water partition coefficient (Wildman–Crippen LogP) is -0.555. The zero-order valence-corrected chi connectivity index (χ0v) is 11.4. The normalized spacial score (nSPS) is 55.9. The van der Waals surface area contributed by atoms with Crippen molar-refractivity contribution >= 4 is 5.78 Å². The Bertz CT molecular complexity index is 481. The Hall–Kier alpha value is -0.570. The van der Waals surface area contributed by atoms with Crippen LogP contribution in [0.5, 0.6) is 0 Å². The number of nitrogens with zero attached hydrogens (tertiary/aromatic N) is 1. The number of carbonyl (C=O) groups is 1. The minimum Gasteiger partial charge on any atom is -0.343 e. The fourth-order valence-corrected chi connectivity index (χ4v) is 4.20. The van der Waals surface area contributed by atoms with Gasteiger partial charge in [0, 0.05) is 0 Å². The molecule has 5 aliphatic heterocycles. The number of rotatable bonds is 0. The fraction of sp³-hybridized carbons (Fsp3) is 0.923. The number of ether oxygens (including phenoxy) is 4. The molecule has 0 amide bonds. The molecule has 7 heteroatoms. The average Bonchev–Trinajstić information content (AvgIpc) is 3.04. The Morgan fingerprint density at radius 3 is 2.90 bits per heavy atom. The predicted molar refractivity (Wildman–Crippen MR) is 62.3 cm³/mol. The van der Waals surface area contributed by atoms with Crippen LogP contribution in [0.1, 0.15) is 13.8 Å². The molecule has 0 aromatic rings. The van der Waals surface area contributed by atoms with Crippen molar-refractivity contribution in [1.82, 2.24) is 5.06 Å². The minimum absolute atomic E-state index is 0.0230. The Labute approximate surface area is 116 Å². The molecule has 5 heterocycles. The van der Waals surface area contributed by atoms with E-state index < -0.39 is 12.1 Å². The van der Waals surface area contributed by atoms with E-state index >= 15 is 0 Å². The van der Waals surface area contributed by atoms with Gasteiger partial charge in [-0.3, -0.25) is 9.63 Å². The van der Waals surface area contributed by atoms with E-state index in [1.54, 1.807) is 0 Å². The summed E-state index contributed by atoms with van der Waals surface area (Å²) in [4.78, 5) is 18.4. The van der Waals surface area contributed by atoms with Gasteiger partial charge in [-0.05, 0) is 13.8 Å². The maximum Gasteiger partial charge on any atom is 0.218 e. The molecule has 0 radical (unpaired) electrons. The smallest absolute Gasteiger partial charge is 0.218 e. The topological polar surface area (TPSA) is 66.5 Å². The lowest BCUT2D eigenvalue weighted by molar-refractivity contribution is -0.216. The first-order valence-corrected chi connectivity index (χ1v) is 7.13. The van der Waals surface area contributed by atoms with E-state index in [4.69, 9.17) is 23.8 Å². The third kappa shape index (κ3) is 1.38. The van der Waals surface area contributed by atoms with Crippen LogP contribution >= 0.6 is 0 Å². The number of hydroxylamine groups is 2. The second-order valence-electron chi connectivity index (χ2n) is 6.57. The molecule has 7 atom stereocenters. The van der Waals surface area contributed by atoms with Crippen LogP contribution in [0.15, 0.2) is 0 Å². The lowest BCUT2D eigenvalue weighted by Gasteiger charge is -2.30. The number of fused-ring (bicyclic) bond motifs is 8. The Kier molecular flexibility index (Phi) is 2.16. The summed E-state index contributed by atoms with van der Waals surface area (Å²) in [7, 11) is 0. The summed E-state index contributed by atoms with van der Waals surface area (Å²) in [5, 5.41) is 1.86. The van der Waals surface area contributed by atoms with Gasteiger partial charge < -0.3 is 18.9 Å². The number of carbonyl (C=O) groups excluding carboxylic acids is 1. The number of Topliss-reactive ketones (excluding diaryl/α,β-unsaturated/α-hetero) is 1. The summed E-state index contributed by atoms with van der Waals surface area (Å²) >= 11 is 0. The molecule has 7 nitrogen and oxygen atoms in total. The molecule has 5 rings (SSSR count). The molecular weight excluding hydrogens is 266 g/mol. The molecule has 0 unspecified atom stereocenters. The number of hydrogen-bond donors (Lipinski definition) is 0. The SMILES string of the molecule is CC1(C)O[C@H]2[C@@H]3[C@H]4C(=O)[C@@H]5OC[C@@H](O5)[C@H]4ON3C[C@H]2O1. The lowest BCUT2D eigenvalue weighted by atomic mass is 9.84. The van der Waals surface area contributed by atoms with Gasteiger partial charge in [-0.2, -0.15) is 5.06 Å².